The number of ether oxygens (including phenoxy) is 2. The van der Waals surface area contributed by atoms with Gasteiger partial charge in [0.25, 0.3) is 0 Å². The fourth-order valence-electron chi connectivity index (χ4n) is 3.79. The predicted molar refractivity (Wildman–Crippen MR) is 111 cm³/mol. The van der Waals surface area contributed by atoms with Crippen molar-refractivity contribution in [1.82, 2.24) is 10.2 Å². The molecule has 0 spiro atoms. The summed E-state index contributed by atoms with van der Waals surface area (Å²) in [7, 11) is 3.24. The van der Waals surface area contributed by atoms with E-state index in [9.17, 15) is 4.79 Å². The number of amides is 1. The molecule has 0 aliphatic carbocycles. The first kappa shape index (κ1) is 20.2. The van der Waals surface area contributed by atoms with E-state index in [4.69, 9.17) is 9.47 Å². The maximum atomic E-state index is 12.4. The van der Waals surface area contributed by atoms with Gasteiger partial charge in [0.1, 0.15) is 0 Å². The van der Waals surface area contributed by atoms with Crippen molar-refractivity contribution in [3.63, 3.8) is 0 Å². The van der Waals surface area contributed by atoms with Crippen LogP contribution in [0.3, 0.4) is 0 Å². The van der Waals surface area contributed by atoms with Gasteiger partial charge in [-0.15, -0.1) is 0 Å². The van der Waals surface area contributed by atoms with Crippen LogP contribution in [0.5, 0.6) is 11.5 Å². The van der Waals surface area contributed by atoms with Gasteiger partial charge in [-0.05, 0) is 43.0 Å². The van der Waals surface area contributed by atoms with Gasteiger partial charge in [-0.1, -0.05) is 36.4 Å². The van der Waals surface area contributed by atoms with Gasteiger partial charge in [0, 0.05) is 31.6 Å². The molecular weight excluding hydrogens is 352 g/mol. The van der Waals surface area contributed by atoms with E-state index < -0.39 is 0 Å². The van der Waals surface area contributed by atoms with E-state index >= 15 is 0 Å². The SMILES string of the molecule is COc1ccc(CCC(=O)NC2CCN(C(C)c3ccccc3)C2)cc1OC. The molecule has 0 radical (unpaired) electrons. The van der Waals surface area contributed by atoms with Crippen LogP contribution in [0.15, 0.2) is 48.5 Å². The Morgan fingerprint density at radius 2 is 1.89 bits per heavy atom. The molecule has 3 rings (SSSR count). The largest absolute Gasteiger partial charge is 0.493 e. The lowest BCUT2D eigenvalue weighted by atomic mass is 10.1. The summed E-state index contributed by atoms with van der Waals surface area (Å²) in [5, 5.41) is 3.20. The molecule has 0 aromatic heterocycles. The van der Waals surface area contributed by atoms with Crippen molar-refractivity contribution >= 4 is 5.91 Å². The molecule has 2 atom stereocenters. The van der Waals surface area contributed by atoms with Crippen LogP contribution in [-0.2, 0) is 11.2 Å². The lowest BCUT2D eigenvalue weighted by Crippen LogP contribution is -2.37. The number of hydrogen-bond donors (Lipinski definition) is 1. The highest BCUT2D eigenvalue weighted by Crippen LogP contribution is 2.28. The number of benzene rings is 2. The Kier molecular flexibility index (Phi) is 6.93. The van der Waals surface area contributed by atoms with Crippen LogP contribution in [-0.4, -0.2) is 44.2 Å². The molecule has 5 nitrogen and oxygen atoms in total. The number of likely N-dealkylation sites (tertiary alicyclic amines) is 1. The number of hydrogen-bond acceptors (Lipinski definition) is 4. The first-order valence-corrected chi connectivity index (χ1v) is 9.90. The number of methoxy groups -OCH3 is 2. The second-order valence-corrected chi connectivity index (χ2v) is 7.32. The van der Waals surface area contributed by atoms with Crippen LogP contribution in [0.4, 0.5) is 0 Å². The minimum atomic E-state index is 0.106. The van der Waals surface area contributed by atoms with Gasteiger partial charge in [-0.25, -0.2) is 0 Å². The molecule has 1 amide bonds. The second kappa shape index (κ2) is 9.60. The molecule has 2 aromatic rings. The third-order valence-corrected chi connectivity index (χ3v) is 5.50. The molecule has 1 saturated heterocycles. The Morgan fingerprint density at radius 3 is 2.61 bits per heavy atom. The lowest BCUT2D eigenvalue weighted by molar-refractivity contribution is -0.121. The highest BCUT2D eigenvalue weighted by atomic mass is 16.5. The van der Waals surface area contributed by atoms with Crippen LogP contribution in [0.1, 0.15) is 36.9 Å². The molecule has 1 heterocycles. The summed E-state index contributed by atoms with van der Waals surface area (Å²) < 4.78 is 10.6. The fraction of sp³-hybridized carbons (Fsp3) is 0.435. The third kappa shape index (κ3) is 5.04. The number of rotatable bonds is 8. The minimum absolute atomic E-state index is 0.106. The van der Waals surface area contributed by atoms with Crippen molar-refractivity contribution in [3.05, 3.63) is 59.7 Å². The number of nitrogens with one attached hydrogen (secondary N) is 1. The Bertz CT molecular complexity index is 779. The van der Waals surface area contributed by atoms with Crippen LogP contribution in [0, 0.1) is 0 Å². The molecule has 1 aliphatic rings. The summed E-state index contributed by atoms with van der Waals surface area (Å²) in [4.78, 5) is 14.8. The number of nitrogens with zero attached hydrogens (tertiary/aromatic N) is 1. The second-order valence-electron chi connectivity index (χ2n) is 7.32. The van der Waals surface area contributed by atoms with Gasteiger partial charge in [0.2, 0.25) is 5.91 Å². The topological polar surface area (TPSA) is 50.8 Å². The molecule has 0 bridgehead atoms. The summed E-state index contributed by atoms with van der Waals surface area (Å²) in [5.74, 6) is 1.50. The highest BCUT2D eigenvalue weighted by molar-refractivity contribution is 5.76. The first-order chi connectivity index (χ1) is 13.6. The average Bonchev–Trinajstić information content (AvgIpc) is 3.20. The molecule has 2 unspecified atom stereocenters. The van der Waals surface area contributed by atoms with Crippen molar-refractivity contribution in [2.24, 2.45) is 0 Å². The van der Waals surface area contributed by atoms with Crippen LogP contribution in [0.25, 0.3) is 0 Å². The molecule has 150 valence electrons. The fourth-order valence-corrected chi connectivity index (χ4v) is 3.79. The van der Waals surface area contributed by atoms with E-state index in [-0.39, 0.29) is 11.9 Å². The molecule has 5 heteroatoms. The van der Waals surface area contributed by atoms with Gasteiger partial charge in [-0.3, -0.25) is 9.69 Å². The Balaban J connectivity index is 1.47. The molecule has 0 saturated carbocycles. The molecule has 1 N–H and O–H groups in total. The van der Waals surface area contributed by atoms with E-state index in [0.717, 1.165) is 25.1 Å². The van der Waals surface area contributed by atoms with Crippen molar-refractivity contribution in [2.75, 3.05) is 27.3 Å². The Morgan fingerprint density at radius 1 is 1.14 bits per heavy atom. The molecule has 1 fully saturated rings. The summed E-state index contributed by atoms with van der Waals surface area (Å²) >= 11 is 0. The summed E-state index contributed by atoms with van der Waals surface area (Å²) in [6, 6.07) is 16.9. The van der Waals surface area contributed by atoms with Crippen molar-refractivity contribution in [1.29, 1.82) is 0 Å². The number of carbonyl (C=O) groups is 1. The van der Waals surface area contributed by atoms with E-state index in [2.05, 4.69) is 41.4 Å². The van der Waals surface area contributed by atoms with E-state index in [1.54, 1.807) is 14.2 Å². The third-order valence-electron chi connectivity index (χ3n) is 5.50. The summed E-state index contributed by atoms with van der Waals surface area (Å²) in [5.41, 5.74) is 2.39. The Hall–Kier alpha value is -2.53. The van der Waals surface area contributed by atoms with E-state index in [1.165, 1.54) is 5.56 Å². The Labute approximate surface area is 167 Å². The number of aryl methyl sites for hydroxylation is 1. The van der Waals surface area contributed by atoms with Gasteiger partial charge < -0.3 is 14.8 Å². The highest BCUT2D eigenvalue weighted by Gasteiger charge is 2.27. The first-order valence-electron chi connectivity index (χ1n) is 9.90. The summed E-state index contributed by atoms with van der Waals surface area (Å²) in [6.07, 6.45) is 2.16. The van der Waals surface area contributed by atoms with Gasteiger partial charge in [0.05, 0.1) is 14.2 Å². The molecular formula is C23H30N2O3. The maximum Gasteiger partial charge on any atom is 0.220 e. The standard InChI is InChI=1S/C23H30N2O3/c1-17(19-7-5-4-6-8-19)25-14-13-20(16-25)24-23(26)12-10-18-9-11-21(27-2)22(15-18)28-3/h4-9,11,15,17,20H,10,12-14,16H2,1-3H3,(H,24,26). The quantitative estimate of drug-likeness (QED) is 0.758. The van der Waals surface area contributed by atoms with Gasteiger partial charge in [-0.2, -0.15) is 0 Å². The zero-order valence-corrected chi connectivity index (χ0v) is 17.0. The van der Waals surface area contributed by atoms with Crippen molar-refractivity contribution in [3.8, 4) is 11.5 Å². The van der Waals surface area contributed by atoms with Crippen LogP contribution >= 0.6 is 0 Å². The van der Waals surface area contributed by atoms with Gasteiger partial charge in [0.15, 0.2) is 11.5 Å². The molecule has 2 aromatic carbocycles. The van der Waals surface area contributed by atoms with Gasteiger partial charge >= 0.3 is 0 Å². The lowest BCUT2D eigenvalue weighted by Gasteiger charge is -2.24. The minimum Gasteiger partial charge on any atom is -0.493 e. The zero-order chi connectivity index (χ0) is 19.9. The van der Waals surface area contributed by atoms with Crippen molar-refractivity contribution in [2.45, 2.75) is 38.3 Å². The average molecular weight is 383 g/mol. The van der Waals surface area contributed by atoms with Crippen LogP contribution in [0.2, 0.25) is 0 Å². The van der Waals surface area contributed by atoms with Crippen molar-refractivity contribution < 1.29 is 14.3 Å². The van der Waals surface area contributed by atoms with Crippen LogP contribution < -0.4 is 14.8 Å². The van der Waals surface area contributed by atoms with E-state index in [1.807, 2.05) is 24.3 Å². The molecule has 28 heavy (non-hydrogen) atoms. The zero-order valence-electron chi connectivity index (χ0n) is 17.0. The smallest absolute Gasteiger partial charge is 0.220 e. The summed E-state index contributed by atoms with van der Waals surface area (Å²) in [6.45, 7) is 4.14. The number of carbonyl (C=O) groups excluding carboxylic acids is 1. The maximum absolute atomic E-state index is 12.4. The normalized spacial score (nSPS) is 17.9. The predicted octanol–water partition coefficient (Wildman–Crippen LogP) is 3.59. The van der Waals surface area contributed by atoms with E-state index in [0.29, 0.717) is 30.4 Å². The molecule has 1 aliphatic heterocycles. The monoisotopic (exact) mass is 382 g/mol.